The smallest absolute Gasteiger partial charge is 0.259 e. The van der Waals surface area contributed by atoms with E-state index in [0.29, 0.717) is 11.3 Å². The summed E-state index contributed by atoms with van der Waals surface area (Å²) in [6.07, 6.45) is 6.62. The topological polar surface area (TPSA) is 72.7 Å². The number of aromatic nitrogens is 4. The number of benzene rings is 1. The van der Waals surface area contributed by atoms with Gasteiger partial charge in [0.25, 0.3) is 5.91 Å². The molecule has 25 heavy (non-hydrogen) atoms. The zero-order valence-corrected chi connectivity index (χ0v) is 13.5. The Morgan fingerprint density at radius 1 is 1.04 bits per heavy atom. The van der Waals surface area contributed by atoms with Crippen molar-refractivity contribution in [3.8, 4) is 11.3 Å². The molecule has 3 heterocycles. The molecule has 0 spiro atoms. The van der Waals surface area contributed by atoms with Crippen molar-refractivity contribution in [2.75, 3.05) is 5.32 Å². The van der Waals surface area contributed by atoms with E-state index in [1.807, 2.05) is 43.4 Å². The highest BCUT2D eigenvalue weighted by Gasteiger charge is 2.18. The lowest BCUT2D eigenvalue weighted by Crippen LogP contribution is -2.13. The third-order valence-corrected chi connectivity index (χ3v) is 4.02. The fourth-order valence-corrected chi connectivity index (χ4v) is 2.83. The highest BCUT2D eigenvalue weighted by Crippen LogP contribution is 2.25. The predicted octanol–water partition coefficient (Wildman–Crippen LogP) is 3.28. The third-order valence-electron chi connectivity index (χ3n) is 4.02. The second-order valence-corrected chi connectivity index (χ2v) is 5.60. The van der Waals surface area contributed by atoms with Crippen LogP contribution in [0, 0.1) is 0 Å². The van der Waals surface area contributed by atoms with Crippen LogP contribution in [0.3, 0.4) is 0 Å². The van der Waals surface area contributed by atoms with Crippen molar-refractivity contribution in [2.45, 2.75) is 0 Å². The van der Waals surface area contributed by atoms with E-state index in [4.69, 9.17) is 0 Å². The molecule has 0 aliphatic rings. The van der Waals surface area contributed by atoms with E-state index < -0.39 is 0 Å². The number of carbonyl (C=O) groups excluding carboxylic acids is 1. The van der Waals surface area contributed by atoms with Gasteiger partial charge in [-0.05, 0) is 12.1 Å². The van der Waals surface area contributed by atoms with E-state index in [0.717, 1.165) is 22.2 Å². The molecule has 4 rings (SSSR count). The summed E-state index contributed by atoms with van der Waals surface area (Å²) < 4.78 is 1.70. The largest absolute Gasteiger partial charge is 0.321 e. The normalized spacial score (nSPS) is 10.8. The monoisotopic (exact) mass is 329 g/mol. The maximum atomic E-state index is 12.9. The van der Waals surface area contributed by atoms with Crippen LogP contribution in [-0.2, 0) is 7.05 Å². The maximum absolute atomic E-state index is 12.9. The number of amides is 1. The van der Waals surface area contributed by atoms with Gasteiger partial charge in [0.15, 0.2) is 0 Å². The fraction of sp³-hybridized carbons (Fsp3) is 0.0526. The zero-order valence-electron chi connectivity index (χ0n) is 13.5. The van der Waals surface area contributed by atoms with Gasteiger partial charge in [0.05, 0.1) is 28.7 Å². The number of carbonyl (C=O) groups is 1. The lowest BCUT2D eigenvalue weighted by molar-refractivity contribution is 0.102. The molecule has 3 aromatic heterocycles. The Morgan fingerprint density at radius 3 is 2.72 bits per heavy atom. The SMILES string of the molecule is Cn1ncc(C(=O)Nc2ccnc3ccncc23)c1-c1ccccc1. The molecule has 0 radical (unpaired) electrons. The van der Waals surface area contributed by atoms with Crippen molar-refractivity contribution in [1.82, 2.24) is 19.7 Å². The van der Waals surface area contributed by atoms with Gasteiger partial charge in [-0.25, -0.2) is 0 Å². The number of pyridine rings is 2. The van der Waals surface area contributed by atoms with E-state index in [1.165, 1.54) is 0 Å². The van der Waals surface area contributed by atoms with Crippen LogP contribution in [0.25, 0.3) is 22.2 Å². The van der Waals surface area contributed by atoms with Gasteiger partial charge in [-0.2, -0.15) is 5.10 Å². The summed E-state index contributed by atoms with van der Waals surface area (Å²) in [7, 11) is 1.82. The fourth-order valence-electron chi connectivity index (χ4n) is 2.83. The number of rotatable bonds is 3. The minimum Gasteiger partial charge on any atom is -0.321 e. The highest BCUT2D eigenvalue weighted by molar-refractivity contribution is 6.11. The number of hydrogen-bond donors (Lipinski definition) is 1. The van der Waals surface area contributed by atoms with Gasteiger partial charge in [0, 0.05) is 36.6 Å². The summed E-state index contributed by atoms with van der Waals surface area (Å²) in [5, 5.41) is 8.00. The predicted molar refractivity (Wildman–Crippen MR) is 96.1 cm³/mol. The molecule has 4 aromatic rings. The first-order valence-electron chi connectivity index (χ1n) is 7.81. The van der Waals surface area contributed by atoms with Gasteiger partial charge in [0.2, 0.25) is 0 Å². The van der Waals surface area contributed by atoms with Gasteiger partial charge in [-0.1, -0.05) is 30.3 Å². The summed E-state index contributed by atoms with van der Waals surface area (Å²) in [6.45, 7) is 0. The Balaban J connectivity index is 1.73. The van der Waals surface area contributed by atoms with Gasteiger partial charge < -0.3 is 5.32 Å². The van der Waals surface area contributed by atoms with Crippen LogP contribution in [0.4, 0.5) is 5.69 Å². The second-order valence-electron chi connectivity index (χ2n) is 5.60. The first-order chi connectivity index (χ1) is 12.2. The van der Waals surface area contributed by atoms with E-state index in [-0.39, 0.29) is 5.91 Å². The van der Waals surface area contributed by atoms with Crippen molar-refractivity contribution >= 4 is 22.5 Å². The summed E-state index contributed by atoms with van der Waals surface area (Å²) in [4.78, 5) is 21.3. The Kier molecular flexibility index (Phi) is 3.70. The van der Waals surface area contributed by atoms with Gasteiger partial charge in [-0.3, -0.25) is 19.4 Å². The van der Waals surface area contributed by atoms with Crippen molar-refractivity contribution in [3.05, 3.63) is 72.8 Å². The first kappa shape index (κ1) is 15.0. The summed E-state index contributed by atoms with van der Waals surface area (Å²) >= 11 is 0. The Morgan fingerprint density at radius 2 is 1.88 bits per heavy atom. The minimum atomic E-state index is -0.219. The van der Waals surface area contributed by atoms with Crippen molar-refractivity contribution in [3.63, 3.8) is 0 Å². The number of nitrogens with zero attached hydrogens (tertiary/aromatic N) is 4. The molecular formula is C19H15N5O. The average Bonchev–Trinajstić information content (AvgIpc) is 3.04. The number of hydrogen-bond acceptors (Lipinski definition) is 4. The zero-order chi connectivity index (χ0) is 17.2. The van der Waals surface area contributed by atoms with E-state index in [2.05, 4.69) is 20.4 Å². The molecule has 1 aromatic carbocycles. The summed E-state index contributed by atoms with van der Waals surface area (Å²) in [5.41, 5.74) is 3.68. The Labute approximate surface area is 144 Å². The van der Waals surface area contributed by atoms with E-state index in [1.54, 1.807) is 35.5 Å². The molecule has 1 amide bonds. The molecule has 0 aliphatic heterocycles. The highest BCUT2D eigenvalue weighted by atomic mass is 16.1. The molecule has 0 aliphatic carbocycles. The molecule has 0 unspecified atom stereocenters. The van der Waals surface area contributed by atoms with Crippen LogP contribution in [-0.4, -0.2) is 25.7 Å². The minimum absolute atomic E-state index is 0.219. The van der Waals surface area contributed by atoms with Crippen LogP contribution < -0.4 is 5.32 Å². The van der Waals surface area contributed by atoms with Crippen molar-refractivity contribution < 1.29 is 4.79 Å². The first-order valence-corrected chi connectivity index (χ1v) is 7.81. The van der Waals surface area contributed by atoms with E-state index in [9.17, 15) is 4.79 Å². The standard InChI is InChI=1S/C19H15N5O/c1-24-18(13-5-3-2-4-6-13)15(12-22-24)19(25)23-17-8-10-21-16-7-9-20-11-14(16)17/h2-12H,1H3,(H,21,23,25). The van der Waals surface area contributed by atoms with Gasteiger partial charge in [0.1, 0.15) is 0 Å². The summed E-state index contributed by atoms with van der Waals surface area (Å²) in [5.74, 6) is -0.219. The molecular weight excluding hydrogens is 314 g/mol. The van der Waals surface area contributed by atoms with Crippen molar-refractivity contribution in [2.24, 2.45) is 7.05 Å². The van der Waals surface area contributed by atoms with E-state index >= 15 is 0 Å². The lowest BCUT2D eigenvalue weighted by Gasteiger charge is -2.09. The lowest BCUT2D eigenvalue weighted by atomic mass is 10.1. The van der Waals surface area contributed by atoms with Crippen LogP contribution in [0.2, 0.25) is 0 Å². The van der Waals surface area contributed by atoms with Gasteiger partial charge >= 0.3 is 0 Å². The molecule has 0 saturated carbocycles. The summed E-state index contributed by atoms with van der Waals surface area (Å²) in [6, 6.07) is 13.3. The molecule has 0 saturated heterocycles. The molecule has 122 valence electrons. The van der Waals surface area contributed by atoms with Crippen LogP contribution in [0.15, 0.2) is 67.3 Å². The average molecular weight is 329 g/mol. The molecule has 6 heteroatoms. The number of aryl methyl sites for hydroxylation is 1. The second kappa shape index (κ2) is 6.16. The van der Waals surface area contributed by atoms with Crippen LogP contribution in [0.1, 0.15) is 10.4 Å². The Bertz CT molecular complexity index is 1050. The molecule has 6 nitrogen and oxygen atoms in total. The van der Waals surface area contributed by atoms with Gasteiger partial charge in [-0.15, -0.1) is 0 Å². The van der Waals surface area contributed by atoms with Crippen LogP contribution >= 0.6 is 0 Å². The maximum Gasteiger partial charge on any atom is 0.259 e. The molecule has 0 atom stereocenters. The Hall–Kier alpha value is -3.54. The van der Waals surface area contributed by atoms with Crippen LogP contribution in [0.5, 0.6) is 0 Å². The molecule has 0 fully saturated rings. The quantitative estimate of drug-likeness (QED) is 0.626. The molecule has 0 bridgehead atoms. The molecule has 1 N–H and O–H groups in total. The third kappa shape index (κ3) is 2.74. The number of fused-ring (bicyclic) bond motifs is 1. The van der Waals surface area contributed by atoms with Crippen molar-refractivity contribution in [1.29, 1.82) is 0 Å². The number of anilines is 1. The number of nitrogens with one attached hydrogen (secondary N) is 1.